The molecule has 0 spiro atoms. The van der Waals surface area contributed by atoms with Crippen molar-refractivity contribution >= 4 is 23.5 Å². The Labute approximate surface area is 112 Å². The van der Waals surface area contributed by atoms with Crippen LogP contribution in [0.4, 0.5) is 0 Å². The number of hydrogen-bond acceptors (Lipinski definition) is 3. The second-order valence-corrected chi connectivity index (χ2v) is 7.25. The number of benzene rings is 1. The fourth-order valence-corrected chi connectivity index (χ4v) is 4.73. The molecule has 17 heavy (non-hydrogen) atoms. The van der Waals surface area contributed by atoms with Crippen molar-refractivity contribution in [3.05, 3.63) is 35.4 Å². The monoisotopic (exact) mass is 268 g/mol. The highest BCUT2D eigenvalue weighted by atomic mass is 32.2. The van der Waals surface area contributed by atoms with Crippen LogP contribution in [-0.4, -0.2) is 27.6 Å². The average molecular weight is 268 g/mol. The number of rotatable bonds is 3. The molecular weight excluding hydrogens is 248 g/mol. The van der Waals surface area contributed by atoms with Crippen LogP contribution >= 0.6 is 23.5 Å². The molecule has 2 rings (SSSR count). The molecule has 0 bridgehead atoms. The molecule has 0 aromatic heterocycles. The third-order valence-corrected chi connectivity index (χ3v) is 5.99. The molecule has 1 nitrogen and oxygen atoms in total. The molecule has 2 atom stereocenters. The van der Waals surface area contributed by atoms with Crippen molar-refractivity contribution in [1.82, 2.24) is 0 Å². The minimum Gasteiger partial charge on any atom is -0.387 e. The zero-order valence-corrected chi connectivity index (χ0v) is 12.1. The maximum atomic E-state index is 10.3. The molecule has 1 heterocycles. The van der Waals surface area contributed by atoms with Crippen LogP contribution in [0.1, 0.15) is 37.0 Å². The van der Waals surface area contributed by atoms with E-state index in [1.54, 1.807) is 0 Å². The zero-order chi connectivity index (χ0) is 12.3. The number of aliphatic hydroxyl groups is 1. The quantitative estimate of drug-likeness (QED) is 0.903. The van der Waals surface area contributed by atoms with Gasteiger partial charge in [-0.05, 0) is 17.0 Å². The van der Waals surface area contributed by atoms with Crippen molar-refractivity contribution in [3.63, 3.8) is 0 Å². The SMILES string of the molecule is CC(C)c1ccc(C(O)C2CSCCS2)cc1. The lowest BCUT2D eigenvalue weighted by atomic mass is 9.99. The van der Waals surface area contributed by atoms with Gasteiger partial charge in [0.2, 0.25) is 0 Å². The second-order valence-electron chi connectivity index (χ2n) is 4.75. The Morgan fingerprint density at radius 3 is 2.29 bits per heavy atom. The van der Waals surface area contributed by atoms with Gasteiger partial charge >= 0.3 is 0 Å². The summed E-state index contributed by atoms with van der Waals surface area (Å²) in [6, 6.07) is 8.45. The summed E-state index contributed by atoms with van der Waals surface area (Å²) in [5, 5.41) is 10.7. The van der Waals surface area contributed by atoms with Gasteiger partial charge < -0.3 is 5.11 Å². The molecule has 0 radical (unpaired) electrons. The predicted molar refractivity (Wildman–Crippen MR) is 79.1 cm³/mol. The van der Waals surface area contributed by atoms with E-state index in [-0.39, 0.29) is 6.10 Å². The van der Waals surface area contributed by atoms with E-state index in [9.17, 15) is 5.11 Å². The van der Waals surface area contributed by atoms with E-state index in [0.717, 1.165) is 17.1 Å². The summed E-state index contributed by atoms with van der Waals surface area (Å²) in [6.07, 6.45) is -0.311. The first kappa shape index (κ1) is 13.3. The topological polar surface area (TPSA) is 20.2 Å². The van der Waals surface area contributed by atoms with E-state index >= 15 is 0 Å². The van der Waals surface area contributed by atoms with Crippen LogP contribution in [0.3, 0.4) is 0 Å². The molecule has 1 aromatic rings. The smallest absolute Gasteiger partial charge is 0.0916 e. The van der Waals surface area contributed by atoms with Crippen molar-refractivity contribution in [2.45, 2.75) is 31.1 Å². The summed E-state index contributed by atoms with van der Waals surface area (Å²) >= 11 is 3.86. The third kappa shape index (κ3) is 3.43. The van der Waals surface area contributed by atoms with Crippen LogP contribution in [0.5, 0.6) is 0 Å². The first-order valence-electron chi connectivity index (χ1n) is 6.15. The third-order valence-electron chi connectivity index (χ3n) is 3.14. The molecule has 1 saturated heterocycles. The molecular formula is C14H20OS2. The van der Waals surface area contributed by atoms with Crippen molar-refractivity contribution in [2.24, 2.45) is 0 Å². The van der Waals surface area contributed by atoms with Gasteiger partial charge in [0, 0.05) is 22.5 Å². The normalized spacial score (nSPS) is 22.7. The maximum absolute atomic E-state index is 10.3. The van der Waals surface area contributed by atoms with Gasteiger partial charge in [0.1, 0.15) is 0 Å². The summed E-state index contributed by atoms with van der Waals surface area (Å²) in [4.78, 5) is 0. The Kier molecular flexibility index (Phi) is 4.83. The summed E-state index contributed by atoms with van der Waals surface area (Å²) in [5.41, 5.74) is 2.40. The van der Waals surface area contributed by atoms with E-state index in [4.69, 9.17) is 0 Å². The highest BCUT2D eigenvalue weighted by molar-refractivity contribution is 8.06. The number of thioether (sulfide) groups is 2. The Morgan fingerprint density at radius 2 is 1.76 bits per heavy atom. The van der Waals surface area contributed by atoms with E-state index in [2.05, 4.69) is 38.1 Å². The van der Waals surface area contributed by atoms with E-state index in [1.807, 2.05) is 23.5 Å². The lowest BCUT2D eigenvalue weighted by molar-refractivity contribution is 0.180. The molecule has 1 aromatic carbocycles. The standard InChI is InChI=1S/C14H20OS2/c1-10(2)11-3-5-12(6-4-11)14(15)13-9-16-7-8-17-13/h3-6,10,13-15H,7-9H2,1-2H3. The molecule has 0 aliphatic carbocycles. The van der Waals surface area contributed by atoms with E-state index in [0.29, 0.717) is 11.2 Å². The van der Waals surface area contributed by atoms with E-state index < -0.39 is 0 Å². The predicted octanol–water partition coefficient (Wildman–Crippen LogP) is 3.69. The van der Waals surface area contributed by atoms with Crippen molar-refractivity contribution in [2.75, 3.05) is 17.3 Å². The number of hydrogen-bond donors (Lipinski definition) is 1. The molecule has 1 aliphatic heterocycles. The maximum Gasteiger partial charge on any atom is 0.0916 e. The summed E-state index contributed by atoms with van der Waals surface area (Å²) in [6.45, 7) is 4.39. The summed E-state index contributed by atoms with van der Waals surface area (Å²) in [7, 11) is 0. The second kappa shape index (κ2) is 6.17. The first-order chi connectivity index (χ1) is 8.18. The zero-order valence-electron chi connectivity index (χ0n) is 10.4. The number of aliphatic hydroxyl groups excluding tert-OH is 1. The minimum atomic E-state index is -0.311. The molecule has 0 saturated carbocycles. The van der Waals surface area contributed by atoms with Gasteiger partial charge in [0.15, 0.2) is 0 Å². The van der Waals surface area contributed by atoms with Crippen LogP contribution < -0.4 is 0 Å². The van der Waals surface area contributed by atoms with Gasteiger partial charge in [0.05, 0.1) is 6.10 Å². The van der Waals surface area contributed by atoms with Gasteiger partial charge in [-0.15, -0.1) is 0 Å². The lowest BCUT2D eigenvalue weighted by Gasteiger charge is -2.26. The summed E-state index contributed by atoms with van der Waals surface area (Å²) in [5.74, 6) is 4.01. The van der Waals surface area contributed by atoms with E-state index in [1.165, 1.54) is 11.3 Å². The highest BCUT2D eigenvalue weighted by Crippen LogP contribution is 2.33. The van der Waals surface area contributed by atoms with Crippen LogP contribution in [0.25, 0.3) is 0 Å². The summed E-state index contributed by atoms with van der Waals surface area (Å²) < 4.78 is 0. The average Bonchev–Trinajstić information content (AvgIpc) is 2.39. The largest absolute Gasteiger partial charge is 0.387 e. The van der Waals surface area contributed by atoms with Gasteiger partial charge in [-0.2, -0.15) is 23.5 Å². The molecule has 3 heteroatoms. The van der Waals surface area contributed by atoms with Gasteiger partial charge in [-0.3, -0.25) is 0 Å². The Balaban J connectivity index is 2.05. The van der Waals surface area contributed by atoms with Crippen LogP contribution in [0.2, 0.25) is 0 Å². The van der Waals surface area contributed by atoms with Gasteiger partial charge in [-0.1, -0.05) is 38.1 Å². The molecule has 2 unspecified atom stereocenters. The molecule has 0 amide bonds. The van der Waals surface area contributed by atoms with Crippen molar-refractivity contribution in [1.29, 1.82) is 0 Å². The van der Waals surface area contributed by atoms with Crippen molar-refractivity contribution < 1.29 is 5.11 Å². The Hall–Kier alpha value is -0.120. The van der Waals surface area contributed by atoms with Crippen molar-refractivity contribution in [3.8, 4) is 0 Å². The molecule has 1 fully saturated rings. The Bertz CT molecular complexity index is 342. The van der Waals surface area contributed by atoms with Gasteiger partial charge in [0.25, 0.3) is 0 Å². The molecule has 1 aliphatic rings. The van der Waals surface area contributed by atoms with Crippen LogP contribution in [0.15, 0.2) is 24.3 Å². The molecule has 94 valence electrons. The minimum absolute atomic E-state index is 0.311. The first-order valence-corrected chi connectivity index (χ1v) is 8.36. The molecule has 1 N–H and O–H groups in total. The Morgan fingerprint density at radius 1 is 1.12 bits per heavy atom. The van der Waals surface area contributed by atoms with Gasteiger partial charge in [-0.25, -0.2) is 0 Å². The highest BCUT2D eigenvalue weighted by Gasteiger charge is 2.23. The van der Waals surface area contributed by atoms with Crippen LogP contribution in [-0.2, 0) is 0 Å². The fraction of sp³-hybridized carbons (Fsp3) is 0.571. The lowest BCUT2D eigenvalue weighted by Crippen LogP contribution is -2.22. The fourth-order valence-electron chi connectivity index (χ4n) is 1.98. The van der Waals surface area contributed by atoms with Crippen LogP contribution in [0, 0.1) is 0 Å².